The maximum absolute atomic E-state index is 13.6. The first kappa shape index (κ1) is 15.0. The van der Waals surface area contributed by atoms with Gasteiger partial charge in [0.05, 0.1) is 0 Å². The monoisotopic (exact) mass is 277 g/mol. The standard InChI is InChI=1S/C16H24FN3/c1-2-15-6-4-3-5-7-20(15)11-12-8-13(16(18)19)10-14(17)9-12/h8-10,15H,2-7,11H2,1H3,(H3,18,19). The number of benzene rings is 1. The molecule has 0 saturated carbocycles. The zero-order valence-corrected chi connectivity index (χ0v) is 12.2. The van der Waals surface area contributed by atoms with Crippen LogP contribution >= 0.6 is 0 Å². The van der Waals surface area contributed by atoms with Gasteiger partial charge >= 0.3 is 0 Å². The second-order valence-corrected chi connectivity index (χ2v) is 5.64. The first-order chi connectivity index (χ1) is 9.60. The molecule has 4 heteroatoms. The number of hydrogen-bond donors (Lipinski definition) is 2. The van der Waals surface area contributed by atoms with Crippen molar-refractivity contribution in [3.8, 4) is 0 Å². The lowest BCUT2D eigenvalue weighted by Crippen LogP contribution is -2.33. The number of likely N-dealkylation sites (tertiary alicyclic amines) is 1. The first-order valence-electron chi connectivity index (χ1n) is 7.48. The number of rotatable bonds is 4. The number of halogens is 1. The molecule has 0 amide bonds. The molecule has 0 spiro atoms. The Bertz CT molecular complexity index is 473. The lowest BCUT2D eigenvalue weighted by Gasteiger charge is -2.29. The summed E-state index contributed by atoms with van der Waals surface area (Å²) in [4.78, 5) is 2.45. The predicted molar refractivity (Wildman–Crippen MR) is 80.4 cm³/mol. The van der Waals surface area contributed by atoms with Crippen LogP contribution in [0.3, 0.4) is 0 Å². The van der Waals surface area contributed by atoms with Crippen LogP contribution in [0.25, 0.3) is 0 Å². The molecule has 0 aliphatic carbocycles. The molecule has 1 aromatic rings. The molecule has 1 atom stereocenters. The smallest absolute Gasteiger partial charge is 0.124 e. The number of hydrogen-bond acceptors (Lipinski definition) is 2. The van der Waals surface area contributed by atoms with Crippen LogP contribution in [0.4, 0.5) is 4.39 Å². The first-order valence-corrected chi connectivity index (χ1v) is 7.48. The second kappa shape index (κ2) is 6.84. The molecule has 0 radical (unpaired) electrons. The van der Waals surface area contributed by atoms with Crippen molar-refractivity contribution < 1.29 is 4.39 Å². The number of nitrogen functional groups attached to an aromatic ring is 1. The van der Waals surface area contributed by atoms with Gasteiger partial charge in [0.15, 0.2) is 0 Å². The summed E-state index contributed by atoms with van der Waals surface area (Å²) in [6.45, 7) is 4.04. The molecule has 1 aliphatic rings. The summed E-state index contributed by atoms with van der Waals surface area (Å²) in [6, 6.07) is 5.31. The van der Waals surface area contributed by atoms with Gasteiger partial charge < -0.3 is 5.73 Å². The molecule has 3 N–H and O–H groups in total. The minimum atomic E-state index is -0.310. The zero-order valence-electron chi connectivity index (χ0n) is 12.2. The van der Waals surface area contributed by atoms with E-state index in [1.165, 1.54) is 31.7 Å². The van der Waals surface area contributed by atoms with E-state index in [1.807, 2.05) is 6.07 Å². The maximum Gasteiger partial charge on any atom is 0.124 e. The van der Waals surface area contributed by atoms with Gasteiger partial charge in [-0.3, -0.25) is 10.3 Å². The summed E-state index contributed by atoms with van der Waals surface area (Å²) in [5, 5.41) is 7.46. The van der Waals surface area contributed by atoms with E-state index in [4.69, 9.17) is 11.1 Å². The molecule has 1 unspecified atom stereocenters. The molecule has 1 saturated heterocycles. The van der Waals surface area contributed by atoms with Crippen molar-refractivity contribution in [3.63, 3.8) is 0 Å². The van der Waals surface area contributed by atoms with Crippen molar-refractivity contribution in [2.24, 2.45) is 5.73 Å². The highest BCUT2D eigenvalue weighted by atomic mass is 19.1. The SMILES string of the molecule is CCC1CCCCCN1Cc1cc(F)cc(C(=N)N)c1. The van der Waals surface area contributed by atoms with Gasteiger partial charge in [-0.15, -0.1) is 0 Å². The van der Waals surface area contributed by atoms with E-state index in [2.05, 4.69) is 11.8 Å². The summed E-state index contributed by atoms with van der Waals surface area (Å²) < 4.78 is 13.6. The number of amidine groups is 1. The summed E-state index contributed by atoms with van der Waals surface area (Å²) >= 11 is 0. The third kappa shape index (κ3) is 3.79. The summed E-state index contributed by atoms with van der Waals surface area (Å²) in [5.74, 6) is -0.385. The fourth-order valence-corrected chi connectivity index (χ4v) is 3.04. The average Bonchev–Trinajstić information content (AvgIpc) is 2.63. The largest absolute Gasteiger partial charge is 0.384 e. The topological polar surface area (TPSA) is 53.1 Å². The van der Waals surface area contributed by atoms with Crippen molar-refractivity contribution in [1.82, 2.24) is 4.90 Å². The van der Waals surface area contributed by atoms with E-state index in [1.54, 1.807) is 6.07 Å². The van der Waals surface area contributed by atoms with E-state index in [0.29, 0.717) is 11.6 Å². The van der Waals surface area contributed by atoms with Crippen LogP contribution in [0.5, 0.6) is 0 Å². The van der Waals surface area contributed by atoms with E-state index >= 15 is 0 Å². The molecule has 1 heterocycles. The summed E-state index contributed by atoms with van der Waals surface area (Å²) in [6.07, 6.45) is 6.15. The molecule has 3 nitrogen and oxygen atoms in total. The lowest BCUT2D eigenvalue weighted by atomic mass is 10.1. The Morgan fingerprint density at radius 1 is 1.35 bits per heavy atom. The Labute approximate surface area is 120 Å². The molecule has 0 bridgehead atoms. The maximum atomic E-state index is 13.6. The van der Waals surface area contributed by atoms with Crippen LogP contribution < -0.4 is 5.73 Å². The lowest BCUT2D eigenvalue weighted by molar-refractivity contribution is 0.186. The van der Waals surface area contributed by atoms with Gasteiger partial charge in [0.25, 0.3) is 0 Å². The van der Waals surface area contributed by atoms with Gasteiger partial charge in [0, 0.05) is 18.2 Å². The second-order valence-electron chi connectivity index (χ2n) is 5.64. The Hall–Kier alpha value is -1.42. The van der Waals surface area contributed by atoms with Gasteiger partial charge in [-0.25, -0.2) is 4.39 Å². The van der Waals surface area contributed by atoms with E-state index in [-0.39, 0.29) is 11.7 Å². The van der Waals surface area contributed by atoms with Crippen LogP contribution in [-0.2, 0) is 6.54 Å². The number of nitrogens with one attached hydrogen (secondary N) is 1. The third-order valence-electron chi connectivity index (χ3n) is 4.12. The van der Waals surface area contributed by atoms with Gasteiger partial charge in [0.2, 0.25) is 0 Å². The minimum absolute atomic E-state index is 0.0753. The van der Waals surface area contributed by atoms with Crippen LogP contribution in [0, 0.1) is 11.2 Å². The molecule has 2 rings (SSSR count). The Morgan fingerprint density at radius 2 is 2.15 bits per heavy atom. The highest BCUT2D eigenvalue weighted by Gasteiger charge is 2.19. The Kier molecular flexibility index (Phi) is 5.12. The van der Waals surface area contributed by atoms with Gasteiger partial charge in [-0.2, -0.15) is 0 Å². The average molecular weight is 277 g/mol. The fraction of sp³-hybridized carbons (Fsp3) is 0.562. The molecule has 1 aromatic carbocycles. The Morgan fingerprint density at radius 3 is 2.85 bits per heavy atom. The van der Waals surface area contributed by atoms with Crippen molar-refractivity contribution in [2.75, 3.05) is 6.54 Å². The quantitative estimate of drug-likeness (QED) is 0.655. The predicted octanol–water partition coefficient (Wildman–Crippen LogP) is 3.26. The molecular formula is C16H24FN3. The van der Waals surface area contributed by atoms with Crippen LogP contribution in [-0.4, -0.2) is 23.3 Å². The normalized spacial score (nSPS) is 20.6. The van der Waals surface area contributed by atoms with Crippen molar-refractivity contribution in [1.29, 1.82) is 5.41 Å². The van der Waals surface area contributed by atoms with Gasteiger partial charge in [-0.1, -0.05) is 19.8 Å². The number of nitrogens with two attached hydrogens (primary N) is 1. The fourth-order valence-electron chi connectivity index (χ4n) is 3.04. The zero-order chi connectivity index (χ0) is 14.5. The van der Waals surface area contributed by atoms with Crippen molar-refractivity contribution in [2.45, 2.75) is 51.6 Å². The number of nitrogens with zero attached hydrogens (tertiary/aromatic N) is 1. The molecule has 0 aromatic heterocycles. The van der Waals surface area contributed by atoms with Crippen LogP contribution in [0.2, 0.25) is 0 Å². The highest BCUT2D eigenvalue weighted by molar-refractivity contribution is 5.95. The summed E-state index contributed by atoms with van der Waals surface area (Å²) in [5.41, 5.74) is 6.85. The molecule has 20 heavy (non-hydrogen) atoms. The molecular weight excluding hydrogens is 253 g/mol. The molecule has 1 aliphatic heterocycles. The minimum Gasteiger partial charge on any atom is -0.384 e. The van der Waals surface area contributed by atoms with Crippen LogP contribution in [0.1, 0.15) is 50.2 Å². The third-order valence-corrected chi connectivity index (χ3v) is 4.12. The van der Waals surface area contributed by atoms with E-state index < -0.39 is 0 Å². The van der Waals surface area contributed by atoms with E-state index in [0.717, 1.165) is 25.1 Å². The van der Waals surface area contributed by atoms with E-state index in [9.17, 15) is 4.39 Å². The van der Waals surface area contributed by atoms with Gasteiger partial charge in [0.1, 0.15) is 11.7 Å². The van der Waals surface area contributed by atoms with Gasteiger partial charge in [-0.05, 0) is 49.6 Å². The van der Waals surface area contributed by atoms with Crippen molar-refractivity contribution >= 4 is 5.84 Å². The molecule has 110 valence electrons. The Balaban J connectivity index is 2.16. The molecule has 1 fully saturated rings. The van der Waals surface area contributed by atoms with Crippen LogP contribution in [0.15, 0.2) is 18.2 Å². The highest BCUT2D eigenvalue weighted by Crippen LogP contribution is 2.22. The van der Waals surface area contributed by atoms with Crippen molar-refractivity contribution in [3.05, 3.63) is 35.1 Å². The summed E-state index contributed by atoms with van der Waals surface area (Å²) in [7, 11) is 0.